The van der Waals surface area contributed by atoms with Gasteiger partial charge in [0.05, 0.1) is 0 Å². The lowest BCUT2D eigenvalue weighted by Crippen LogP contribution is -2.50. The maximum absolute atomic E-state index is 12.9. The molecule has 0 radical (unpaired) electrons. The molecule has 1 amide bonds. The third-order valence-corrected chi connectivity index (χ3v) is 4.11. The molecule has 1 aromatic carbocycles. The molecule has 0 saturated heterocycles. The molecule has 0 fully saturated rings. The maximum Gasteiger partial charge on any atom is 0.240 e. The predicted octanol–water partition coefficient (Wildman–Crippen LogP) is 2.82. The van der Waals surface area contributed by atoms with Crippen LogP contribution in [0.15, 0.2) is 23.4 Å². The first-order valence-electron chi connectivity index (χ1n) is 7.16. The zero-order valence-corrected chi connectivity index (χ0v) is 13.5. The van der Waals surface area contributed by atoms with E-state index in [1.165, 1.54) is 0 Å². The molecule has 0 aliphatic rings. The number of rotatable bonds is 5. The predicted molar refractivity (Wildman–Crippen MR) is 85.7 cm³/mol. The molecule has 5 nitrogen and oxygen atoms in total. The molecule has 1 aromatic rings. The van der Waals surface area contributed by atoms with Crippen molar-refractivity contribution < 1.29 is 10.0 Å². The Hall–Kier alpha value is -2.04. The van der Waals surface area contributed by atoms with Gasteiger partial charge in [0.15, 0.2) is 5.84 Å². The van der Waals surface area contributed by atoms with Crippen LogP contribution in [0.25, 0.3) is 0 Å². The Morgan fingerprint density at radius 2 is 1.71 bits per heavy atom. The first-order valence-corrected chi connectivity index (χ1v) is 7.16. The highest BCUT2D eigenvalue weighted by molar-refractivity contribution is 6.12. The summed E-state index contributed by atoms with van der Waals surface area (Å²) in [4.78, 5) is 14.5. The minimum Gasteiger partial charge on any atom is -0.409 e. The van der Waals surface area contributed by atoms with E-state index in [1.54, 1.807) is 11.9 Å². The summed E-state index contributed by atoms with van der Waals surface area (Å²) in [5.74, 6) is -0.193. The van der Waals surface area contributed by atoms with E-state index >= 15 is 0 Å². The molecular weight excluding hydrogens is 266 g/mol. The van der Waals surface area contributed by atoms with Crippen LogP contribution in [-0.2, 0) is 4.79 Å². The number of carbonyl (C=O) groups is 1. The van der Waals surface area contributed by atoms with Gasteiger partial charge in [-0.05, 0) is 49.9 Å². The van der Waals surface area contributed by atoms with Crippen molar-refractivity contribution >= 4 is 17.4 Å². The molecule has 1 rings (SSSR count). The van der Waals surface area contributed by atoms with Crippen LogP contribution >= 0.6 is 0 Å². The van der Waals surface area contributed by atoms with Gasteiger partial charge in [0.25, 0.3) is 0 Å². The molecule has 0 aliphatic heterocycles. The molecule has 0 unspecified atom stereocenters. The summed E-state index contributed by atoms with van der Waals surface area (Å²) in [6.45, 7) is 7.72. The highest BCUT2D eigenvalue weighted by atomic mass is 16.4. The number of nitrogens with zero attached hydrogens (tertiary/aromatic N) is 2. The standard InChI is InChI=1S/C16H25N3O2/c1-6-16(7-2,14(17)18-21)15(20)19(5)13-9-11(3)8-12(4)10-13/h8-10,21H,6-7H2,1-5H3,(H2,17,18). The largest absolute Gasteiger partial charge is 0.409 e. The zero-order valence-electron chi connectivity index (χ0n) is 13.5. The molecular formula is C16H25N3O2. The minimum atomic E-state index is -0.971. The normalized spacial score (nSPS) is 12.3. The Morgan fingerprint density at radius 1 is 1.24 bits per heavy atom. The van der Waals surface area contributed by atoms with Gasteiger partial charge in [-0.1, -0.05) is 25.1 Å². The second kappa shape index (κ2) is 6.61. The Labute approximate surface area is 126 Å². The van der Waals surface area contributed by atoms with Crippen LogP contribution in [-0.4, -0.2) is 24.0 Å². The van der Waals surface area contributed by atoms with Gasteiger partial charge in [0.1, 0.15) is 5.41 Å². The lowest BCUT2D eigenvalue weighted by Gasteiger charge is -2.33. The van der Waals surface area contributed by atoms with Crippen molar-refractivity contribution in [3.8, 4) is 0 Å². The van der Waals surface area contributed by atoms with Crippen molar-refractivity contribution in [3.05, 3.63) is 29.3 Å². The van der Waals surface area contributed by atoms with E-state index in [4.69, 9.17) is 10.9 Å². The summed E-state index contributed by atoms with van der Waals surface area (Å²) in [6, 6.07) is 5.96. The van der Waals surface area contributed by atoms with Gasteiger partial charge >= 0.3 is 0 Å². The van der Waals surface area contributed by atoms with Crippen molar-refractivity contribution in [2.24, 2.45) is 16.3 Å². The van der Waals surface area contributed by atoms with E-state index in [1.807, 2.05) is 39.8 Å². The van der Waals surface area contributed by atoms with Crippen LogP contribution in [0.4, 0.5) is 5.69 Å². The smallest absolute Gasteiger partial charge is 0.240 e. The summed E-state index contributed by atoms with van der Waals surface area (Å²) in [5.41, 5.74) is 7.83. The van der Waals surface area contributed by atoms with Crippen molar-refractivity contribution in [1.82, 2.24) is 0 Å². The Kier molecular flexibility index (Phi) is 5.35. The fourth-order valence-corrected chi connectivity index (χ4v) is 2.70. The molecule has 0 aliphatic carbocycles. The number of carbonyl (C=O) groups excluding carboxylic acids is 1. The Bertz CT molecular complexity index is 528. The fraction of sp³-hybridized carbons (Fsp3) is 0.500. The number of anilines is 1. The van der Waals surface area contributed by atoms with Crippen LogP contribution in [0.5, 0.6) is 0 Å². The lowest BCUT2D eigenvalue weighted by molar-refractivity contribution is -0.125. The van der Waals surface area contributed by atoms with Crippen molar-refractivity contribution in [3.63, 3.8) is 0 Å². The first-order chi connectivity index (χ1) is 9.82. The minimum absolute atomic E-state index is 0.0336. The summed E-state index contributed by atoms with van der Waals surface area (Å²) in [6.07, 6.45) is 0.959. The first kappa shape index (κ1) is 17.0. The van der Waals surface area contributed by atoms with E-state index in [9.17, 15) is 4.79 Å². The molecule has 3 N–H and O–H groups in total. The number of amidine groups is 1. The second-order valence-corrected chi connectivity index (χ2v) is 5.48. The number of hydrogen-bond acceptors (Lipinski definition) is 3. The third kappa shape index (κ3) is 3.17. The topological polar surface area (TPSA) is 78.9 Å². The quantitative estimate of drug-likeness (QED) is 0.379. The number of nitrogens with two attached hydrogens (primary N) is 1. The van der Waals surface area contributed by atoms with Crippen molar-refractivity contribution in [2.75, 3.05) is 11.9 Å². The number of hydrogen-bond donors (Lipinski definition) is 2. The number of amides is 1. The number of benzene rings is 1. The fourth-order valence-electron chi connectivity index (χ4n) is 2.70. The summed E-state index contributed by atoms with van der Waals surface area (Å²) >= 11 is 0. The lowest BCUT2D eigenvalue weighted by atomic mass is 9.79. The molecule has 116 valence electrons. The summed E-state index contributed by atoms with van der Waals surface area (Å²) < 4.78 is 0. The highest BCUT2D eigenvalue weighted by Crippen LogP contribution is 2.31. The van der Waals surface area contributed by atoms with Gasteiger partial charge in [0, 0.05) is 12.7 Å². The molecule has 0 atom stereocenters. The van der Waals surface area contributed by atoms with E-state index in [0.717, 1.165) is 16.8 Å². The average molecular weight is 291 g/mol. The van der Waals surface area contributed by atoms with Gasteiger partial charge in [0.2, 0.25) is 5.91 Å². The van der Waals surface area contributed by atoms with E-state index in [-0.39, 0.29) is 11.7 Å². The van der Waals surface area contributed by atoms with Crippen LogP contribution < -0.4 is 10.6 Å². The second-order valence-electron chi connectivity index (χ2n) is 5.48. The Morgan fingerprint density at radius 3 is 2.10 bits per heavy atom. The van der Waals surface area contributed by atoms with Gasteiger partial charge in [-0.25, -0.2) is 0 Å². The van der Waals surface area contributed by atoms with Crippen LogP contribution in [0, 0.1) is 19.3 Å². The van der Waals surface area contributed by atoms with E-state index in [0.29, 0.717) is 12.8 Å². The molecule has 0 bridgehead atoms. The van der Waals surface area contributed by atoms with E-state index in [2.05, 4.69) is 11.2 Å². The van der Waals surface area contributed by atoms with Gasteiger partial charge in [-0.3, -0.25) is 4.79 Å². The maximum atomic E-state index is 12.9. The highest BCUT2D eigenvalue weighted by Gasteiger charge is 2.42. The van der Waals surface area contributed by atoms with Crippen LogP contribution in [0.2, 0.25) is 0 Å². The van der Waals surface area contributed by atoms with Gasteiger partial charge in [-0.2, -0.15) is 0 Å². The summed E-state index contributed by atoms with van der Waals surface area (Å²) in [5, 5.41) is 12.1. The zero-order chi connectivity index (χ0) is 16.2. The molecule has 0 heterocycles. The molecule has 0 aromatic heterocycles. The van der Waals surface area contributed by atoms with Crippen molar-refractivity contribution in [2.45, 2.75) is 40.5 Å². The number of oxime groups is 1. The molecule has 0 spiro atoms. The van der Waals surface area contributed by atoms with Gasteiger partial charge < -0.3 is 15.8 Å². The molecule has 5 heteroatoms. The van der Waals surface area contributed by atoms with Crippen molar-refractivity contribution in [1.29, 1.82) is 0 Å². The monoisotopic (exact) mass is 291 g/mol. The Balaban J connectivity index is 3.26. The third-order valence-electron chi connectivity index (χ3n) is 4.11. The molecule has 0 saturated carbocycles. The average Bonchev–Trinajstić information content (AvgIpc) is 2.46. The SMILES string of the molecule is CCC(CC)(C(=O)N(C)c1cc(C)cc(C)c1)C(N)=NO. The summed E-state index contributed by atoms with van der Waals surface area (Å²) in [7, 11) is 1.72. The van der Waals surface area contributed by atoms with Crippen LogP contribution in [0.3, 0.4) is 0 Å². The van der Waals surface area contributed by atoms with Gasteiger partial charge in [-0.15, -0.1) is 0 Å². The van der Waals surface area contributed by atoms with Crippen LogP contribution in [0.1, 0.15) is 37.8 Å². The number of aryl methyl sites for hydroxylation is 2. The molecule has 21 heavy (non-hydrogen) atoms. The van der Waals surface area contributed by atoms with E-state index < -0.39 is 5.41 Å².